The van der Waals surface area contributed by atoms with Gasteiger partial charge < -0.3 is 0 Å². The molecule has 1 rings (SSSR count). The molecular weight excluding hydrogens is 114 g/mol. The van der Waals surface area contributed by atoms with E-state index in [1.54, 1.807) is 7.11 Å². The average Bonchev–Trinajstić information content (AvgIpc) is 2.15. The molecule has 0 radical (unpaired) electrons. The second-order valence-corrected chi connectivity index (χ2v) is 3.07. The van der Waals surface area contributed by atoms with E-state index in [0.717, 1.165) is 4.65 Å². The Hall–Kier alpha value is -0.0800. The van der Waals surface area contributed by atoms with Crippen LogP contribution in [0.4, 0.5) is 0 Å². The molecule has 1 aliphatic heterocycles. The highest BCUT2D eigenvalue weighted by Gasteiger charge is 2.35. The summed E-state index contributed by atoms with van der Waals surface area (Å²) in [6.45, 7) is 3.42. The summed E-state index contributed by atoms with van der Waals surface area (Å²) in [7, 11) is 3.94. The van der Waals surface area contributed by atoms with Crippen molar-refractivity contribution < 1.29 is 9.48 Å². The van der Waals surface area contributed by atoms with Crippen LogP contribution in [0.1, 0.15) is 19.8 Å². The van der Waals surface area contributed by atoms with Crippen LogP contribution in [0.3, 0.4) is 0 Å². The predicted octanol–water partition coefficient (Wildman–Crippen LogP) is 1.18. The molecular formula is C7H16NO+. The first kappa shape index (κ1) is 7.03. The van der Waals surface area contributed by atoms with Crippen molar-refractivity contribution >= 4 is 0 Å². The molecule has 1 saturated heterocycles. The zero-order valence-corrected chi connectivity index (χ0v) is 6.55. The van der Waals surface area contributed by atoms with Crippen LogP contribution in [-0.2, 0) is 4.84 Å². The number of rotatable bonds is 1. The molecule has 9 heavy (non-hydrogen) atoms. The Morgan fingerprint density at radius 2 is 2.22 bits per heavy atom. The number of likely N-dealkylation sites (tertiary alicyclic amines) is 1. The summed E-state index contributed by atoms with van der Waals surface area (Å²) in [5.41, 5.74) is 0. The minimum absolute atomic E-state index is 0.690. The van der Waals surface area contributed by atoms with E-state index in [0.29, 0.717) is 6.04 Å². The molecule has 0 bridgehead atoms. The third kappa shape index (κ3) is 1.10. The van der Waals surface area contributed by atoms with Crippen molar-refractivity contribution in [1.82, 2.24) is 0 Å². The van der Waals surface area contributed by atoms with E-state index in [1.807, 2.05) is 0 Å². The van der Waals surface area contributed by atoms with E-state index in [-0.39, 0.29) is 0 Å². The summed E-state index contributed by atoms with van der Waals surface area (Å²) in [4.78, 5) is 5.35. The minimum atomic E-state index is 0.690. The molecule has 2 atom stereocenters. The van der Waals surface area contributed by atoms with Crippen molar-refractivity contribution in [2.45, 2.75) is 25.8 Å². The standard InChI is InChI=1S/C7H16NO/c1-7-5-4-6-8(7,2)9-3/h7H,4-6H2,1-3H3/q+1. The molecule has 0 amide bonds. The Balaban J connectivity index is 2.56. The third-order valence-electron chi connectivity index (χ3n) is 2.57. The lowest BCUT2D eigenvalue weighted by molar-refractivity contribution is -1.09. The van der Waals surface area contributed by atoms with Gasteiger partial charge in [-0.15, -0.1) is 0 Å². The first-order valence-electron chi connectivity index (χ1n) is 3.60. The van der Waals surface area contributed by atoms with E-state index < -0.39 is 0 Å². The molecule has 2 unspecified atom stereocenters. The number of hydrogen-bond donors (Lipinski definition) is 0. The SMILES string of the molecule is CO[N+]1(C)CCCC1C. The topological polar surface area (TPSA) is 9.23 Å². The summed E-state index contributed by atoms with van der Waals surface area (Å²) in [6.07, 6.45) is 2.62. The van der Waals surface area contributed by atoms with Gasteiger partial charge in [0.1, 0.15) is 12.6 Å². The summed E-state index contributed by atoms with van der Waals surface area (Å²) in [5, 5.41) is 0. The first-order chi connectivity index (χ1) is 4.19. The maximum Gasteiger partial charge on any atom is 0.116 e. The first-order valence-corrected chi connectivity index (χ1v) is 3.60. The smallest absolute Gasteiger partial charge is 0.116 e. The van der Waals surface area contributed by atoms with Crippen LogP contribution in [0.25, 0.3) is 0 Å². The second kappa shape index (κ2) is 2.27. The lowest BCUT2D eigenvalue weighted by atomic mass is 10.2. The van der Waals surface area contributed by atoms with Crippen LogP contribution >= 0.6 is 0 Å². The van der Waals surface area contributed by atoms with Gasteiger partial charge in [0.15, 0.2) is 0 Å². The molecule has 54 valence electrons. The van der Waals surface area contributed by atoms with Gasteiger partial charge in [-0.05, 0) is 6.92 Å². The molecule has 2 heteroatoms. The zero-order chi connectivity index (χ0) is 6.91. The van der Waals surface area contributed by atoms with Gasteiger partial charge in [0.2, 0.25) is 0 Å². The molecule has 0 aromatic heterocycles. The minimum Gasteiger partial charge on any atom is -0.206 e. The fourth-order valence-electron chi connectivity index (χ4n) is 1.47. The van der Waals surface area contributed by atoms with Gasteiger partial charge in [0.25, 0.3) is 0 Å². The predicted molar refractivity (Wildman–Crippen MR) is 36.8 cm³/mol. The monoisotopic (exact) mass is 130 g/mol. The Bertz CT molecular complexity index is 105. The van der Waals surface area contributed by atoms with E-state index >= 15 is 0 Å². The molecule has 1 heterocycles. The van der Waals surface area contributed by atoms with Gasteiger partial charge in [-0.3, -0.25) is 0 Å². The molecule has 0 aliphatic carbocycles. The third-order valence-corrected chi connectivity index (χ3v) is 2.57. The van der Waals surface area contributed by atoms with Crippen molar-refractivity contribution in [3.8, 4) is 0 Å². The molecule has 0 saturated carbocycles. The van der Waals surface area contributed by atoms with Crippen LogP contribution in [0.5, 0.6) is 0 Å². The van der Waals surface area contributed by atoms with Gasteiger partial charge >= 0.3 is 0 Å². The van der Waals surface area contributed by atoms with Crippen molar-refractivity contribution in [1.29, 1.82) is 0 Å². The highest BCUT2D eigenvalue weighted by molar-refractivity contribution is 4.56. The average molecular weight is 130 g/mol. The van der Waals surface area contributed by atoms with Gasteiger partial charge in [0, 0.05) is 12.8 Å². The van der Waals surface area contributed by atoms with E-state index in [1.165, 1.54) is 19.4 Å². The summed E-state index contributed by atoms with van der Waals surface area (Å²) in [5.74, 6) is 0. The van der Waals surface area contributed by atoms with Crippen molar-refractivity contribution in [2.75, 3.05) is 20.7 Å². The quantitative estimate of drug-likeness (QED) is 0.484. The fourth-order valence-corrected chi connectivity index (χ4v) is 1.47. The van der Waals surface area contributed by atoms with Gasteiger partial charge in [0.05, 0.1) is 14.2 Å². The van der Waals surface area contributed by atoms with Crippen LogP contribution in [-0.4, -0.2) is 31.4 Å². The lowest BCUT2D eigenvalue weighted by Gasteiger charge is -2.29. The van der Waals surface area contributed by atoms with E-state index in [4.69, 9.17) is 4.84 Å². The summed E-state index contributed by atoms with van der Waals surface area (Å²) in [6, 6.07) is 0.690. The van der Waals surface area contributed by atoms with Crippen LogP contribution < -0.4 is 0 Å². The van der Waals surface area contributed by atoms with Gasteiger partial charge in [-0.25, -0.2) is 4.84 Å². The second-order valence-electron chi connectivity index (χ2n) is 3.07. The van der Waals surface area contributed by atoms with Crippen molar-refractivity contribution in [2.24, 2.45) is 0 Å². The summed E-state index contributed by atoms with van der Waals surface area (Å²) < 4.78 is 0.806. The fraction of sp³-hybridized carbons (Fsp3) is 1.00. The van der Waals surface area contributed by atoms with Crippen molar-refractivity contribution in [3.63, 3.8) is 0 Å². The molecule has 0 aromatic carbocycles. The molecule has 0 aromatic rings. The summed E-state index contributed by atoms with van der Waals surface area (Å²) >= 11 is 0. The van der Waals surface area contributed by atoms with Gasteiger partial charge in [-0.2, -0.15) is 4.65 Å². The largest absolute Gasteiger partial charge is 0.206 e. The molecule has 1 aliphatic rings. The molecule has 0 N–H and O–H groups in total. The maximum absolute atomic E-state index is 5.35. The Labute approximate surface area is 57.0 Å². The number of nitrogens with zero attached hydrogens (tertiary/aromatic N) is 1. The number of quaternary nitrogens is 1. The Kier molecular flexibility index (Phi) is 1.78. The maximum atomic E-state index is 5.35. The normalized spacial score (nSPS) is 43.7. The number of hydrogen-bond acceptors (Lipinski definition) is 1. The van der Waals surface area contributed by atoms with Crippen LogP contribution in [0.15, 0.2) is 0 Å². The highest BCUT2D eigenvalue weighted by atomic mass is 16.7. The van der Waals surface area contributed by atoms with E-state index in [9.17, 15) is 0 Å². The molecule has 0 spiro atoms. The lowest BCUT2D eigenvalue weighted by Crippen LogP contribution is -2.45. The van der Waals surface area contributed by atoms with E-state index in [2.05, 4.69) is 14.0 Å². The molecule has 1 fully saturated rings. The Morgan fingerprint density at radius 3 is 2.44 bits per heavy atom. The Morgan fingerprint density at radius 1 is 1.56 bits per heavy atom. The highest BCUT2D eigenvalue weighted by Crippen LogP contribution is 2.23. The van der Waals surface area contributed by atoms with Crippen LogP contribution in [0.2, 0.25) is 0 Å². The molecule has 2 nitrogen and oxygen atoms in total. The van der Waals surface area contributed by atoms with Crippen molar-refractivity contribution in [3.05, 3.63) is 0 Å². The van der Waals surface area contributed by atoms with Gasteiger partial charge in [-0.1, -0.05) is 0 Å². The number of hydroxylamine groups is 3. The van der Waals surface area contributed by atoms with Crippen LogP contribution in [0, 0.1) is 0 Å². The zero-order valence-electron chi connectivity index (χ0n) is 6.55.